The van der Waals surface area contributed by atoms with Gasteiger partial charge in [-0.2, -0.15) is 5.26 Å². The monoisotopic (exact) mass is 274 g/mol. The molecule has 5 nitrogen and oxygen atoms in total. The summed E-state index contributed by atoms with van der Waals surface area (Å²) in [6.45, 7) is 5.59. The van der Waals surface area contributed by atoms with Gasteiger partial charge < -0.3 is 4.74 Å². The fraction of sp³-hybridized carbons (Fsp3) is 0.400. The number of hydrogen-bond donors (Lipinski definition) is 0. The molecule has 106 valence electrons. The van der Waals surface area contributed by atoms with Crippen LogP contribution in [0.1, 0.15) is 39.2 Å². The van der Waals surface area contributed by atoms with Crippen LogP contribution in [0.5, 0.6) is 0 Å². The Kier molecular flexibility index (Phi) is 5.73. The summed E-state index contributed by atoms with van der Waals surface area (Å²) in [6, 6.07) is 10.6. The predicted molar refractivity (Wildman–Crippen MR) is 75.1 cm³/mol. The third-order valence-electron chi connectivity index (χ3n) is 2.58. The average molecular weight is 274 g/mol. The summed E-state index contributed by atoms with van der Waals surface area (Å²) in [4.78, 5) is 16.2. The number of oxime groups is 1. The van der Waals surface area contributed by atoms with E-state index in [4.69, 9.17) is 10.00 Å². The summed E-state index contributed by atoms with van der Waals surface area (Å²) in [5.74, 6) is 0. The van der Waals surface area contributed by atoms with Crippen LogP contribution in [0.2, 0.25) is 0 Å². The van der Waals surface area contributed by atoms with Gasteiger partial charge in [-0.3, -0.25) is 4.84 Å². The van der Waals surface area contributed by atoms with E-state index in [0.717, 1.165) is 12.8 Å². The molecular weight excluding hydrogens is 256 g/mol. The minimum absolute atomic E-state index is 0.0239. The third-order valence-corrected chi connectivity index (χ3v) is 2.58. The number of rotatable bonds is 5. The van der Waals surface area contributed by atoms with Crippen molar-refractivity contribution in [2.45, 2.75) is 39.2 Å². The highest BCUT2D eigenvalue weighted by atomic mass is 16.8. The van der Waals surface area contributed by atoms with Gasteiger partial charge in [0.25, 0.3) is 0 Å². The van der Waals surface area contributed by atoms with Crippen LogP contribution < -0.4 is 0 Å². The summed E-state index contributed by atoms with van der Waals surface area (Å²) in [5.41, 5.74) is -0.00700. The number of nitriles is 1. The van der Waals surface area contributed by atoms with Gasteiger partial charge in [-0.25, -0.2) is 4.79 Å². The number of ether oxygens (including phenoxy) is 1. The highest BCUT2D eigenvalue weighted by Gasteiger charge is 2.23. The van der Waals surface area contributed by atoms with Gasteiger partial charge in [-0.05, 0) is 20.3 Å². The van der Waals surface area contributed by atoms with Gasteiger partial charge >= 0.3 is 6.16 Å². The first-order valence-corrected chi connectivity index (χ1v) is 6.42. The normalized spacial score (nSPS) is 11.6. The lowest BCUT2D eigenvalue weighted by Gasteiger charge is -2.22. The number of nitrogens with zero attached hydrogens (tertiary/aromatic N) is 2. The quantitative estimate of drug-likeness (QED) is 0.355. The molecule has 0 saturated carbocycles. The summed E-state index contributed by atoms with van der Waals surface area (Å²) >= 11 is 0. The molecule has 0 spiro atoms. The zero-order valence-electron chi connectivity index (χ0n) is 11.9. The topological polar surface area (TPSA) is 71.7 Å². The lowest BCUT2D eigenvalue weighted by molar-refractivity contribution is -0.0197. The van der Waals surface area contributed by atoms with Crippen LogP contribution in [0, 0.1) is 11.3 Å². The Morgan fingerprint density at radius 2 is 2.00 bits per heavy atom. The second kappa shape index (κ2) is 7.29. The Balaban J connectivity index is 2.67. The summed E-state index contributed by atoms with van der Waals surface area (Å²) in [6.07, 6.45) is 0.694. The maximum Gasteiger partial charge on any atom is 0.535 e. The Labute approximate surface area is 118 Å². The van der Waals surface area contributed by atoms with E-state index in [2.05, 4.69) is 9.99 Å². The standard InChI is InChI=1S/C15H18N2O3/c1-4-10-15(2,3)19-14(18)20-17-13(11-16)12-8-6-5-7-9-12/h5-9H,4,10H2,1-3H3/b17-13+. The summed E-state index contributed by atoms with van der Waals surface area (Å²) in [5, 5.41) is 12.5. The minimum Gasteiger partial charge on any atom is -0.427 e. The van der Waals surface area contributed by atoms with E-state index in [1.165, 1.54) is 0 Å². The Morgan fingerprint density at radius 3 is 2.55 bits per heavy atom. The van der Waals surface area contributed by atoms with E-state index in [0.29, 0.717) is 5.56 Å². The fourth-order valence-electron chi connectivity index (χ4n) is 1.71. The SMILES string of the molecule is CCCC(C)(C)OC(=O)O/N=C(\C#N)c1ccccc1. The van der Waals surface area contributed by atoms with Crippen LogP contribution in [0.3, 0.4) is 0 Å². The van der Waals surface area contributed by atoms with Crippen molar-refractivity contribution in [1.82, 2.24) is 0 Å². The molecule has 0 N–H and O–H groups in total. The Bertz CT molecular complexity index is 516. The molecule has 1 rings (SSSR count). The van der Waals surface area contributed by atoms with Crippen LogP contribution >= 0.6 is 0 Å². The van der Waals surface area contributed by atoms with Crippen LogP contribution in [-0.2, 0) is 9.57 Å². The number of benzene rings is 1. The van der Waals surface area contributed by atoms with Gasteiger partial charge in [-0.1, -0.05) is 48.8 Å². The first kappa shape index (κ1) is 15.7. The third kappa shape index (κ3) is 5.11. The molecule has 0 unspecified atom stereocenters. The van der Waals surface area contributed by atoms with Crippen molar-refractivity contribution >= 4 is 11.9 Å². The molecule has 0 fully saturated rings. The highest BCUT2D eigenvalue weighted by molar-refractivity contribution is 6.11. The molecule has 0 radical (unpaired) electrons. The first-order chi connectivity index (χ1) is 9.48. The van der Waals surface area contributed by atoms with Gasteiger partial charge in [0.1, 0.15) is 11.7 Å². The second-order valence-corrected chi connectivity index (χ2v) is 4.87. The highest BCUT2D eigenvalue weighted by Crippen LogP contribution is 2.17. The molecule has 0 heterocycles. The zero-order chi connectivity index (χ0) is 15.0. The molecule has 0 aliphatic carbocycles. The van der Waals surface area contributed by atoms with Gasteiger partial charge in [0.05, 0.1) is 0 Å². The Hall–Kier alpha value is -2.35. The van der Waals surface area contributed by atoms with Crippen LogP contribution in [-0.4, -0.2) is 17.5 Å². The number of carbonyl (C=O) groups excluding carboxylic acids is 1. The van der Waals surface area contributed by atoms with Crippen molar-refractivity contribution < 1.29 is 14.4 Å². The minimum atomic E-state index is -0.910. The van der Waals surface area contributed by atoms with E-state index >= 15 is 0 Å². The van der Waals surface area contributed by atoms with E-state index in [-0.39, 0.29) is 5.71 Å². The van der Waals surface area contributed by atoms with Crippen LogP contribution in [0.4, 0.5) is 4.79 Å². The van der Waals surface area contributed by atoms with E-state index in [9.17, 15) is 4.79 Å². The van der Waals surface area contributed by atoms with Gasteiger partial charge in [-0.15, -0.1) is 0 Å². The zero-order valence-corrected chi connectivity index (χ0v) is 11.9. The largest absolute Gasteiger partial charge is 0.535 e. The molecule has 5 heteroatoms. The number of hydrogen-bond acceptors (Lipinski definition) is 5. The van der Waals surface area contributed by atoms with E-state index in [1.54, 1.807) is 38.1 Å². The van der Waals surface area contributed by atoms with Crippen molar-refractivity contribution in [3.8, 4) is 6.07 Å². The molecule has 0 aromatic heterocycles. The van der Waals surface area contributed by atoms with E-state index in [1.807, 2.05) is 19.1 Å². The smallest absolute Gasteiger partial charge is 0.427 e. The van der Waals surface area contributed by atoms with Crippen molar-refractivity contribution in [3.63, 3.8) is 0 Å². The van der Waals surface area contributed by atoms with Gasteiger partial charge in [0.2, 0.25) is 0 Å². The maximum absolute atomic E-state index is 11.5. The predicted octanol–water partition coefficient (Wildman–Crippen LogP) is 3.65. The van der Waals surface area contributed by atoms with Crippen LogP contribution in [0.25, 0.3) is 0 Å². The molecule has 0 amide bonds. The van der Waals surface area contributed by atoms with E-state index < -0.39 is 11.8 Å². The molecule has 0 bridgehead atoms. The molecule has 1 aromatic carbocycles. The molecule has 1 aromatic rings. The number of carbonyl (C=O) groups is 1. The van der Waals surface area contributed by atoms with Crippen molar-refractivity contribution in [1.29, 1.82) is 5.26 Å². The van der Waals surface area contributed by atoms with Crippen LogP contribution in [0.15, 0.2) is 35.5 Å². The molecule has 0 saturated heterocycles. The maximum atomic E-state index is 11.5. The molecular formula is C15H18N2O3. The summed E-state index contributed by atoms with van der Waals surface area (Å²) < 4.78 is 5.13. The summed E-state index contributed by atoms with van der Waals surface area (Å²) in [7, 11) is 0. The lowest BCUT2D eigenvalue weighted by Crippen LogP contribution is -2.27. The van der Waals surface area contributed by atoms with Gasteiger partial charge in [0, 0.05) is 5.56 Å². The lowest BCUT2D eigenvalue weighted by atomic mass is 10.0. The van der Waals surface area contributed by atoms with Crippen molar-refractivity contribution in [2.75, 3.05) is 0 Å². The first-order valence-electron chi connectivity index (χ1n) is 6.42. The Morgan fingerprint density at radius 1 is 1.35 bits per heavy atom. The molecule has 0 atom stereocenters. The van der Waals surface area contributed by atoms with Crippen molar-refractivity contribution in [2.24, 2.45) is 5.16 Å². The average Bonchev–Trinajstić information content (AvgIpc) is 2.40. The van der Waals surface area contributed by atoms with Crippen molar-refractivity contribution in [3.05, 3.63) is 35.9 Å². The molecule has 0 aliphatic heterocycles. The molecule has 20 heavy (non-hydrogen) atoms. The second-order valence-electron chi connectivity index (χ2n) is 4.87. The van der Waals surface area contributed by atoms with Gasteiger partial charge in [0.15, 0.2) is 5.71 Å². The molecule has 0 aliphatic rings. The fourth-order valence-corrected chi connectivity index (χ4v) is 1.71.